The Hall–Kier alpha value is -2.76. The summed E-state index contributed by atoms with van der Waals surface area (Å²) in [5, 5.41) is 53.3. The van der Waals surface area contributed by atoms with Crippen LogP contribution in [0.1, 0.15) is 77.0 Å². The van der Waals surface area contributed by atoms with E-state index in [0.717, 1.165) is 35.5 Å². The number of nitro groups is 3. The molecular weight excluding hydrogens is 654 g/mol. The molecule has 0 unspecified atom stereocenters. The SMILES string of the molecule is CS(C)=O.CS(C)=O.O=[N+]([O-])c1cc([N+](=O)[O-])c([O-])c([N+](=O)[O-])c1[O-].[NH3+]C12CC3CC(CC(C3)C1)C2.[NH3+]C12CC3CC(CC(C3)C1)C2. The van der Waals surface area contributed by atoms with Gasteiger partial charge < -0.3 is 21.7 Å². The highest BCUT2D eigenvalue weighted by Gasteiger charge is 2.52. The molecule has 17 heteroatoms. The van der Waals surface area contributed by atoms with Crippen LogP contribution in [-0.4, -0.2) is 59.3 Å². The van der Waals surface area contributed by atoms with Crippen LogP contribution in [0.5, 0.6) is 11.5 Å². The third-order valence-corrected chi connectivity index (χ3v) is 10.1. The van der Waals surface area contributed by atoms with Crippen molar-refractivity contribution in [3.05, 3.63) is 36.4 Å². The standard InChI is InChI=1S/2C10H17N.C6H3N3O8.2C2H6OS/c2*11-10-4-7-1-8(5-10)3-9(2-7)6-10;10-5-2(7(12)13)1-3(8(14)15)6(11)4(5)9(16)17;2*1-4(2)3/h2*7-9H,1-6,11H2;1,10-11H;2*1-2H3. The first-order valence-electron chi connectivity index (χ1n) is 15.9. The Bertz CT molecular complexity index is 1220. The predicted molar refractivity (Wildman–Crippen MR) is 173 cm³/mol. The van der Waals surface area contributed by atoms with Gasteiger partial charge in [-0.3, -0.25) is 38.8 Å². The minimum Gasteiger partial charge on any atom is -0.863 e. The maximum Gasteiger partial charge on any atom is 0.275 e. The molecule has 8 bridgehead atoms. The van der Waals surface area contributed by atoms with Crippen LogP contribution < -0.4 is 21.7 Å². The zero-order valence-electron chi connectivity index (χ0n) is 27.7. The molecule has 6 N–H and O–H groups in total. The average molecular weight is 704 g/mol. The zero-order valence-corrected chi connectivity index (χ0v) is 29.3. The second-order valence-electron chi connectivity index (χ2n) is 15.0. The van der Waals surface area contributed by atoms with Crippen LogP contribution in [0.2, 0.25) is 0 Å². The summed E-state index contributed by atoms with van der Waals surface area (Å²) < 4.78 is 19.1. The number of nitro benzene ring substituents is 3. The molecule has 8 aliphatic rings. The lowest BCUT2D eigenvalue weighted by atomic mass is 9.53. The highest BCUT2D eigenvalue weighted by atomic mass is 32.2. The van der Waals surface area contributed by atoms with Gasteiger partial charge in [0.25, 0.3) is 17.1 Å². The molecule has 47 heavy (non-hydrogen) atoms. The molecule has 1 aromatic rings. The number of benzene rings is 1. The first-order chi connectivity index (χ1) is 21.7. The minimum atomic E-state index is -1.75. The van der Waals surface area contributed by atoms with Crippen molar-refractivity contribution in [2.24, 2.45) is 35.5 Å². The van der Waals surface area contributed by atoms with Crippen molar-refractivity contribution in [1.82, 2.24) is 0 Å². The number of rotatable bonds is 3. The van der Waals surface area contributed by atoms with E-state index in [2.05, 4.69) is 11.5 Å². The Morgan fingerprint density at radius 3 is 0.936 bits per heavy atom. The summed E-state index contributed by atoms with van der Waals surface area (Å²) in [5.41, 5.74) is 5.49. The normalized spacial score (nSPS) is 33.3. The maximum atomic E-state index is 11.1. The minimum absolute atomic E-state index is 0.109. The molecule has 9 rings (SSSR count). The summed E-state index contributed by atoms with van der Waals surface area (Å²) in [6.45, 7) is 0. The van der Waals surface area contributed by atoms with E-state index in [-0.39, 0.29) is 6.07 Å². The van der Waals surface area contributed by atoms with Crippen molar-refractivity contribution in [3.63, 3.8) is 0 Å². The van der Waals surface area contributed by atoms with Crippen molar-refractivity contribution < 1.29 is 44.9 Å². The second kappa shape index (κ2) is 15.6. The number of nitrogens with zero attached hydrogens (tertiary/aromatic N) is 3. The third kappa shape index (κ3) is 10.6. The van der Waals surface area contributed by atoms with E-state index in [1.54, 1.807) is 63.5 Å². The molecule has 0 atom stereocenters. The van der Waals surface area contributed by atoms with Gasteiger partial charge in [0.2, 0.25) is 0 Å². The first-order valence-corrected chi connectivity index (χ1v) is 19.8. The second-order valence-corrected chi connectivity index (χ2v) is 18.0. The van der Waals surface area contributed by atoms with E-state index >= 15 is 0 Å². The highest BCUT2D eigenvalue weighted by molar-refractivity contribution is 7.83. The van der Waals surface area contributed by atoms with Crippen LogP contribution in [0.3, 0.4) is 0 Å². The fourth-order valence-corrected chi connectivity index (χ4v) is 9.62. The van der Waals surface area contributed by atoms with Gasteiger partial charge in [0, 0.05) is 85.1 Å². The molecule has 0 heterocycles. The van der Waals surface area contributed by atoms with Crippen LogP contribution in [0.15, 0.2) is 6.07 Å². The largest absolute Gasteiger partial charge is 0.863 e. The Labute approximate surface area is 279 Å². The van der Waals surface area contributed by atoms with Crippen LogP contribution in [0.4, 0.5) is 17.1 Å². The summed E-state index contributed by atoms with van der Waals surface area (Å²) in [7, 11) is -1.22. The van der Waals surface area contributed by atoms with Crippen molar-refractivity contribution in [2.45, 2.75) is 88.1 Å². The van der Waals surface area contributed by atoms with Gasteiger partial charge in [0.05, 0.1) is 43.4 Å². The van der Waals surface area contributed by atoms with Crippen molar-refractivity contribution in [3.8, 4) is 11.5 Å². The van der Waals surface area contributed by atoms with E-state index in [1.807, 2.05) is 0 Å². The van der Waals surface area contributed by atoms with Crippen LogP contribution in [0, 0.1) is 65.9 Å². The lowest BCUT2D eigenvalue weighted by molar-refractivity contribution is -0.505. The van der Waals surface area contributed by atoms with Gasteiger partial charge in [0.15, 0.2) is 0 Å². The Kier molecular flexibility index (Phi) is 12.9. The van der Waals surface area contributed by atoms with E-state index in [4.69, 9.17) is 0 Å². The molecule has 8 saturated carbocycles. The molecule has 0 aliphatic heterocycles. The monoisotopic (exact) mass is 703 g/mol. The molecule has 8 aliphatic carbocycles. The summed E-state index contributed by atoms with van der Waals surface area (Å²) in [6, 6.07) is 0.109. The summed E-state index contributed by atoms with van der Waals surface area (Å²) in [4.78, 5) is 26.9. The third-order valence-electron chi connectivity index (χ3n) is 10.1. The van der Waals surface area contributed by atoms with Gasteiger partial charge in [-0.1, -0.05) is 0 Å². The molecule has 8 fully saturated rings. The van der Waals surface area contributed by atoms with Crippen LogP contribution >= 0.6 is 0 Å². The molecule has 0 saturated heterocycles. The van der Waals surface area contributed by atoms with Crippen molar-refractivity contribution in [1.29, 1.82) is 0 Å². The summed E-state index contributed by atoms with van der Waals surface area (Å²) in [5.74, 6) is 2.98. The van der Waals surface area contributed by atoms with Gasteiger partial charge >= 0.3 is 0 Å². The quantitative estimate of drug-likeness (QED) is 0.341. The molecule has 0 aromatic heterocycles. The first kappa shape index (κ1) is 38.7. The Morgan fingerprint density at radius 2 is 0.787 bits per heavy atom. The molecular formula is C30H49N5O10S2. The van der Waals surface area contributed by atoms with Gasteiger partial charge in [-0.05, 0) is 74.0 Å². The van der Waals surface area contributed by atoms with Gasteiger partial charge in [-0.2, -0.15) is 0 Å². The van der Waals surface area contributed by atoms with Gasteiger partial charge in [-0.15, -0.1) is 0 Å². The molecule has 15 nitrogen and oxygen atoms in total. The van der Waals surface area contributed by atoms with E-state index < -0.39 is 64.9 Å². The average Bonchev–Trinajstić information content (AvgIpc) is 2.85. The van der Waals surface area contributed by atoms with E-state index in [0.29, 0.717) is 11.1 Å². The van der Waals surface area contributed by atoms with Crippen LogP contribution in [0.25, 0.3) is 0 Å². The maximum absolute atomic E-state index is 11.1. The predicted octanol–water partition coefficient (Wildman–Crippen LogP) is 1.94. The molecule has 266 valence electrons. The van der Waals surface area contributed by atoms with Gasteiger partial charge in [-0.25, -0.2) is 0 Å². The van der Waals surface area contributed by atoms with Crippen molar-refractivity contribution >= 4 is 38.7 Å². The molecule has 1 aromatic carbocycles. The lowest BCUT2D eigenvalue weighted by Gasteiger charge is -2.52. The number of hydrogen-bond donors (Lipinski definition) is 2. The van der Waals surface area contributed by atoms with E-state index in [1.165, 1.54) is 38.5 Å². The topological polar surface area (TPSA) is 265 Å². The fraction of sp³-hybridized carbons (Fsp3) is 0.800. The smallest absolute Gasteiger partial charge is 0.275 e. The Morgan fingerprint density at radius 1 is 0.574 bits per heavy atom. The van der Waals surface area contributed by atoms with Gasteiger partial charge in [0.1, 0.15) is 0 Å². The molecule has 0 spiro atoms. The Balaban J connectivity index is 0.000000175. The highest BCUT2D eigenvalue weighted by Crippen LogP contribution is 2.54. The zero-order chi connectivity index (χ0) is 35.4. The van der Waals surface area contributed by atoms with Crippen molar-refractivity contribution in [2.75, 3.05) is 25.0 Å². The van der Waals surface area contributed by atoms with Crippen LogP contribution in [-0.2, 0) is 21.6 Å². The lowest BCUT2D eigenvalue weighted by Crippen LogP contribution is -2.77. The van der Waals surface area contributed by atoms with E-state index in [9.17, 15) is 49.0 Å². The summed E-state index contributed by atoms with van der Waals surface area (Å²) in [6.07, 6.45) is 24.6. The summed E-state index contributed by atoms with van der Waals surface area (Å²) >= 11 is 0. The fourth-order valence-electron chi connectivity index (χ4n) is 9.62. The number of quaternary nitrogens is 2. The number of hydrogen-bond acceptors (Lipinski definition) is 10. The molecule has 0 amide bonds. The molecule has 0 radical (unpaired) electrons.